The van der Waals surface area contributed by atoms with Crippen molar-refractivity contribution >= 4 is 31.9 Å². The van der Waals surface area contributed by atoms with Gasteiger partial charge in [-0.2, -0.15) is 0 Å². The molecule has 0 unspecified atom stereocenters. The summed E-state index contributed by atoms with van der Waals surface area (Å²) in [5.74, 6) is 0. The highest BCUT2D eigenvalue weighted by atomic mass is 79.9. The molecule has 84 valence electrons. The van der Waals surface area contributed by atoms with Gasteiger partial charge in [0.1, 0.15) is 0 Å². The number of hydrogen-bond acceptors (Lipinski definition) is 3. The molecule has 0 amide bonds. The second-order valence-corrected chi connectivity index (χ2v) is 5.05. The lowest BCUT2D eigenvalue weighted by Gasteiger charge is -2.03. The summed E-state index contributed by atoms with van der Waals surface area (Å²) >= 11 is 6.91. The summed E-state index contributed by atoms with van der Waals surface area (Å²) in [4.78, 5) is 0. The normalized spacial score (nSPS) is 10.7. The third-order valence-electron chi connectivity index (χ3n) is 2.06. The Kier molecular flexibility index (Phi) is 3.73. The molecule has 0 saturated carbocycles. The second-order valence-electron chi connectivity index (χ2n) is 3.28. The van der Waals surface area contributed by atoms with Gasteiger partial charge in [0.25, 0.3) is 0 Å². The van der Waals surface area contributed by atoms with Gasteiger partial charge in [-0.3, -0.25) is 0 Å². The fourth-order valence-corrected chi connectivity index (χ4v) is 2.57. The average Bonchev–Trinajstić information content (AvgIpc) is 2.67. The van der Waals surface area contributed by atoms with E-state index in [1.807, 2.05) is 31.4 Å². The van der Waals surface area contributed by atoms with Crippen molar-refractivity contribution in [2.45, 2.75) is 6.54 Å². The van der Waals surface area contributed by atoms with Gasteiger partial charge in [0.05, 0.1) is 17.6 Å². The van der Waals surface area contributed by atoms with Crippen LogP contribution >= 0.6 is 31.9 Å². The van der Waals surface area contributed by atoms with Crippen molar-refractivity contribution in [3.05, 3.63) is 39.0 Å². The van der Waals surface area contributed by atoms with Crippen LogP contribution in [0.3, 0.4) is 0 Å². The smallest absolute Gasteiger partial charge is 0.0969 e. The molecule has 0 aliphatic rings. The Bertz CT molecular complexity index is 495. The number of nitrogens with one attached hydrogen (secondary N) is 1. The Morgan fingerprint density at radius 3 is 2.88 bits per heavy atom. The van der Waals surface area contributed by atoms with E-state index >= 15 is 0 Å². The standard InChI is InChI=1S/C10H10Br2N4/c1-13-5-8-6-16(15-14-8)10-3-2-7(11)4-9(10)12/h2-4,6,13H,5H2,1H3. The van der Waals surface area contributed by atoms with Crippen LogP contribution < -0.4 is 5.32 Å². The van der Waals surface area contributed by atoms with E-state index in [9.17, 15) is 0 Å². The highest BCUT2D eigenvalue weighted by Crippen LogP contribution is 2.24. The monoisotopic (exact) mass is 344 g/mol. The van der Waals surface area contributed by atoms with E-state index in [0.29, 0.717) is 6.54 Å². The highest BCUT2D eigenvalue weighted by molar-refractivity contribution is 9.11. The molecular weight excluding hydrogens is 336 g/mol. The molecule has 16 heavy (non-hydrogen) atoms. The number of nitrogens with zero attached hydrogens (tertiary/aromatic N) is 3. The molecule has 6 heteroatoms. The minimum atomic E-state index is 0.716. The molecule has 0 atom stereocenters. The molecule has 1 N–H and O–H groups in total. The van der Waals surface area contributed by atoms with Gasteiger partial charge in [-0.05, 0) is 41.2 Å². The highest BCUT2D eigenvalue weighted by Gasteiger charge is 2.06. The van der Waals surface area contributed by atoms with Gasteiger partial charge in [-0.1, -0.05) is 21.1 Å². The Morgan fingerprint density at radius 1 is 1.38 bits per heavy atom. The topological polar surface area (TPSA) is 42.7 Å². The first kappa shape index (κ1) is 11.8. The predicted octanol–water partition coefficient (Wildman–Crippen LogP) is 2.51. The van der Waals surface area contributed by atoms with Gasteiger partial charge in [-0.15, -0.1) is 5.10 Å². The molecule has 0 spiro atoms. The minimum absolute atomic E-state index is 0.716. The number of benzene rings is 1. The molecule has 1 aromatic carbocycles. The average molecular weight is 346 g/mol. The molecule has 0 aliphatic heterocycles. The summed E-state index contributed by atoms with van der Waals surface area (Å²) in [6.45, 7) is 0.716. The fraction of sp³-hybridized carbons (Fsp3) is 0.200. The van der Waals surface area contributed by atoms with Crippen molar-refractivity contribution in [1.82, 2.24) is 20.3 Å². The summed E-state index contributed by atoms with van der Waals surface area (Å²) in [7, 11) is 1.88. The lowest BCUT2D eigenvalue weighted by molar-refractivity contribution is 0.766. The Labute approximate surface area is 110 Å². The van der Waals surface area contributed by atoms with Crippen LogP contribution in [0, 0.1) is 0 Å². The van der Waals surface area contributed by atoms with Crippen LogP contribution in [0.25, 0.3) is 5.69 Å². The van der Waals surface area contributed by atoms with Gasteiger partial charge in [0, 0.05) is 15.5 Å². The lowest BCUT2D eigenvalue weighted by atomic mass is 10.3. The van der Waals surface area contributed by atoms with Crippen LogP contribution in [-0.4, -0.2) is 22.0 Å². The van der Waals surface area contributed by atoms with Crippen LogP contribution in [0.5, 0.6) is 0 Å². The van der Waals surface area contributed by atoms with Crippen LogP contribution in [0.1, 0.15) is 5.69 Å². The molecule has 0 aliphatic carbocycles. The summed E-state index contributed by atoms with van der Waals surface area (Å²) in [6.07, 6.45) is 1.91. The first-order valence-electron chi connectivity index (χ1n) is 4.72. The largest absolute Gasteiger partial charge is 0.314 e. The molecule has 0 fully saturated rings. The van der Waals surface area contributed by atoms with E-state index in [-0.39, 0.29) is 0 Å². The van der Waals surface area contributed by atoms with Crippen LogP contribution in [-0.2, 0) is 6.54 Å². The molecule has 1 heterocycles. The summed E-state index contributed by atoms with van der Waals surface area (Å²) in [5, 5.41) is 11.2. The number of halogens is 2. The molecule has 2 rings (SSSR count). The fourth-order valence-electron chi connectivity index (χ4n) is 1.35. The van der Waals surface area contributed by atoms with Crippen molar-refractivity contribution < 1.29 is 0 Å². The van der Waals surface area contributed by atoms with Crippen molar-refractivity contribution in [2.75, 3.05) is 7.05 Å². The molecular formula is C10H10Br2N4. The third-order valence-corrected chi connectivity index (χ3v) is 3.18. The van der Waals surface area contributed by atoms with Crippen molar-refractivity contribution in [3.63, 3.8) is 0 Å². The summed E-state index contributed by atoms with van der Waals surface area (Å²) in [6, 6.07) is 5.93. The van der Waals surface area contributed by atoms with Crippen molar-refractivity contribution in [1.29, 1.82) is 0 Å². The number of rotatable bonds is 3. The Morgan fingerprint density at radius 2 is 2.19 bits per heavy atom. The van der Waals surface area contributed by atoms with Gasteiger partial charge in [-0.25, -0.2) is 4.68 Å². The zero-order valence-electron chi connectivity index (χ0n) is 8.61. The SMILES string of the molecule is CNCc1cn(-c2ccc(Br)cc2Br)nn1. The van der Waals surface area contributed by atoms with E-state index in [2.05, 4.69) is 47.5 Å². The molecule has 0 bridgehead atoms. The maximum atomic E-state index is 4.08. The van der Waals surface area contributed by atoms with Crippen molar-refractivity contribution in [2.24, 2.45) is 0 Å². The minimum Gasteiger partial charge on any atom is -0.314 e. The van der Waals surface area contributed by atoms with Gasteiger partial charge >= 0.3 is 0 Å². The van der Waals surface area contributed by atoms with Gasteiger partial charge in [0.2, 0.25) is 0 Å². The molecule has 1 aromatic heterocycles. The molecule has 0 radical (unpaired) electrons. The number of aromatic nitrogens is 3. The zero-order valence-corrected chi connectivity index (χ0v) is 11.8. The van der Waals surface area contributed by atoms with E-state index in [1.165, 1.54) is 0 Å². The van der Waals surface area contributed by atoms with E-state index in [4.69, 9.17) is 0 Å². The molecule has 4 nitrogen and oxygen atoms in total. The predicted molar refractivity (Wildman–Crippen MR) is 69.5 cm³/mol. The van der Waals surface area contributed by atoms with Gasteiger partial charge in [0.15, 0.2) is 0 Å². The van der Waals surface area contributed by atoms with E-state index < -0.39 is 0 Å². The first-order chi connectivity index (χ1) is 7.70. The van der Waals surface area contributed by atoms with Gasteiger partial charge < -0.3 is 5.32 Å². The van der Waals surface area contributed by atoms with E-state index in [0.717, 1.165) is 20.3 Å². The van der Waals surface area contributed by atoms with Crippen LogP contribution in [0.15, 0.2) is 33.3 Å². The molecule has 0 saturated heterocycles. The van der Waals surface area contributed by atoms with Crippen LogP contribution in [0.4, 0.5) is 0 Å². The molecule has 2 aromatic rings. The maximum Gasteiger partial charge on any atom is 0.0969 e. The second kappa shape index (κ2) is 5.07. The summed E-state index contributed by atoms with van der Waals surface area (Å²) in [5.41, 5.74) is 1.88. The Hall–Kier alpha value is -0.720. The lowest BCUT2D eigenvalue weighted by Crippen LogP contribution is -2.05. The quantitative estimate of drug-likeness (QED) is 0.929. The summed E-state index contributed by atoms with van der Waals surface area (Å²) < 4.78 is 3.75. The zero-order chi connectivity index (χ0) is 11.5. The van der Waals surface area contributed by atoms with Crippen LogP contribution in [0.2, 0.25) is 0 Å². The third kappa shape index (κ3) is 2.50. The van der Waals surface area contributed by atoms with E-state index in [1.54, 1.807) is 4.68 Å². The van der Waals surface area contributed by atoms with Crippen molar-refractivity contribution in [3.8, 4) is 5.69 Å². The maximum absolute atomic E-state index is 4.08. The number of hydrogen-bond donors (Lipinski definition) is 1. The Balaban J connectivity index is 2.35. The first-order valence-corrected chi connectivity index (χ1v) is 6.30.